The van der Waals surface area contributed by atoms with Gasteiger partial charge in [0.15, 0.2) is 0 Å². The Balaban J connectivity index is 2.38. The molecule has 2 rings (SSSR count). The van der Waals surface area contributed by atoms with E-state index in [0.29, 0.717) is 11.1 Å². The molecular weight excluding hydrogens is 305 g/mol. The van der Waals surface area contributed by atoms with Crippen LogP contribution in [0.5, 0.6) is 0 Å². The Kier molecular flexibility index (Phi) is 4.09. The Morgan fingerprint density at radius 1 is 1.38 bits per heavy atom. The highest BCUT2D eigenvalue weighted by atomic mass is 35.5. The summed E-state index contributed by atoms with van der Waals surface area (Å²) in [4.78, 5) is 15.2. The molecule has 2 aromatic rings. The summed E-state index contributed by atoms with van der Waals surface area (Å²) >= 11 is 6.02. The quantitative estimate of drug-likeness (QED) is 0.853. The number of para-hydroxylation sites is 1. The van der Waals surface area contributed by atoms with Crippen LogP contribution < -0.4 is 5.32 Å². The third-order valence-corrected chi connectivity index (χ3v) is 3.40. The van der Waals surface area contributed by atoms with Crippen LogP contribution in [-0.4, -0.2) is 17.1 Å². The minimum Gasteiger partial charge on any atom is -0.342 e. The zero-order valence-corrected chi connectivity index (χ0v) is 12.0. The average Bonchev–Trinajstić information content (AvgIpc) is 2.38. The molecule has 0 saturated carbocycles. The van der Waals surface area contributed by atoms with E-state index in [1.165, 1.54) is 6.92 Å². The highest BCUT2D eigenvalue weighted by molar-refractivity contribution is 6.30. The van der Waals surface area contributed by atoms with Gasteiger partial charge in [-0.05, 0) is 25.5 Å². The van der Waals surface area contributed by atoms with Crippen molar-refractivity contribution in [1.29, 1.82) is 0 Å². The first kappa shape index (κ1) is 15.6. The largest absolute Gasteiger partial charge is 0.471 e. The molecule has 0 fully saturated rings. The van der Waals surface area contributed by atoms with Gasteiger partial charge in [0, 0.05) is 10.9 Å². The Bertz CT molecular complexity index is 700. The third kappa shape index (κ3) is 3.26. The van der Waals surface area contributed by atoms with Crippen molar-refractivity contribution in [2.24, 2.45) is 0 Å². The first-order valence-corrected chi connectivity index (χ1v) is 6.51. The lowest BCUT2D eigenvalue weighted by molar-refractivity contribution is -0.174. The lowest BCUT2D eigenvalue weighted by atomic mass is 10.1. The second-order valence-electron chi connectivity index (χ2n) is 4.71. The van der Waals surface area contributed by atoms with Crippen molar-refractivity contribution >= 4 is 28.4 Å². The molecule has 0 aliphatic carbocycles. The van der Waals surface area contributed by atoms with Crippen molar-refractivity contribution in [1.82, 2.24) is 10.3 Å². The van der Waals surface area contributed by atoms with Gasteiger partial charge < -0.3 is 5.32 Å². The second kappa shape index (κ2) is 5.52. The number of halogens is 4. The molecule has 1 aromatic heterocycles. The lowest BCUT2D eigenvalue weighted by Gasteiger charge is -2.17. The summed E-state index contributed by atoms with van der Waals surface area (Å²) in [6.45, 7) is 3.29. The predicted octanol–water partition coefficient (Wildman–Crippen LogP) is 3.94. The maximum Gasteiger partial charge on any atom is 0.471 e. The van der Waals surface area contributed by atoms with E-state index in [2.05, 4.69) is 4.98 Å². The Hall–Kier alpha value is -1.82. The second-order valence-corrected chi connectivity index (χ2v) is 5.07. The monoisotopic (exact) mass is 316 g/mol. The van der Waals surface area contributed by atoms with Gasteiger partial charge in [-0.1, -0.05) is 29.8 Å². The fourth-order valence-corrected chi connectivity index (χ4v) is 2.30. The molecule has 1 heterocycles. The molecule has 1 amide bonds. The van der Waals surface area contributed by atoms with Gasteiger partial charge in [-0.15, -0.1) is 0 Å². The van der Waals surface area contributed by atoms with E-state index in [-0.39, 0.29) is 5.15 Å². The standard InChI is InChI=1S/C14H12ClF3N2O/c1-7-4-3-5-9-6-10(12(15)20-11(7)9)8(2)19-13(21)14(16,17)18/h3-6,8H,1-2H3,(H,19,21). The minimum atomic E-state index is -4.93. The summed E-state index contributed by atoms with van der Waals surface area (Å²) in [6, 6.07) is 6.20. The van der Waals surface area contributed by atoms with Crippen molar-refractivity contribution in [3.05, 3.63) is 40.5 Å². The smallest absolute Gasteiger partial charge is 0.342 e. The van der Waals surface area contributed by atoms with Crippen LogP contribution in [0.1, 0.15) is 24.1 Å². The van der Waals surface area contributed by atoms with E-state index in [0.717, 1.165) is 10.9 Å². The number of amides is 1. The van der Waals surface area contributed by atoms with Gasteiger partial charge in [0.05, 0.1) is 11.6 Å². The number of hydrogen-bond acceptors (Lipinski definition) is 2. The topological polar surface area (TPSA) is 42.0 Å². The number of carbonyl (C=O) groups excluding carboxylic acids is 1. The van der Waals surface area contributed by atoms with E-state index in [1.54, 1.807) is 12.1 Å². The number of benzene rings is 1. The van der Waals surface area contributed by atoms with E-state index in [9.17, 15) is 18.0 Å². The van der Waals surface area contributed by atoms with Crippen molar-refractivity contribution in [2.75, 3.05) is 0 Å². The number of carbonyl (C=O) groups is 1. The molecule has 1 N–H and O–H groups in total. The van der Waals surface area contributed by atoms with Crippen molar-refractivity contribution in [2.45, 2.75) is 26.1 Å². The normalized spacial score (nSPS) is 13.2. The summed E-state index contributed by atoms with van der Waals surface area (Å²) in [5, 5.41) is 2.70. The van der Waals surface area contributed by atoms with Crippen molar-refractivity contribution in [3.63, 3.8) is 0 Å². The zero-order chi connectivity index (χ0) is 15.8. The summed E-state index contributed by atoms with van der Waals surface area (Å²) in [6.07, 6.45) is -4.93. The SMILES string of the molecule is Cc1cccc2cc(C(C)NC(=O)C(F)(F)F)c(Cl)nc12. The summed E-state index contributed by atoms with van der Waals surface area (Å²) in [5.74, 6) is -2.00. The molecule has 1 atom stereocenters. The first-order chi connectivity index (χ1) is 9.70. The Labute approximate surface area is 124 Å². The zero-order valence-electron chi connectivity index (χ0n) is 11.3. The molecule has 0 bridgehead atoms. The number of hydrogen-bond donors (Lipinski definition) is 1. The first-order valence-electron chi connectivity index (χ1n) is 6.13. The molecule has 3 nitrogen and oxygen atoms in total. The van der Waals surface area contributed by atoms with Gasteiger partial charge in [-0.3, -0.25) is 4.79 Å². The number of rotatable bonds is 2. The van der Waals surface area contributed by atoms with E-state index < -0.39 is 18.1 Å². The van der Waals surface area contributed by atoms with Gasteiger partial charge in [0.25, 0.3) is 0 Å². The van der Waals surface area contributed by atoms with E-state index in [4.69, 9.17) is 11.6 Å². The van der Waals surface area contributed by atoms with Crippen LogP contribution in [0.4, 0.5) is 13.2 Å². The lowest BCUT2D eigenvalue weighted by Crippen LogP contribution is -2.38. The Morgan fingerprint density at radius 3 is 2.67 bits per heavy atom. The van der Waals surface area contributed by atoms with Crippen LogP contribution in [0.2, 0.25) is 5.15 Å². The molecular formula is C14H12ClF3N2O. The van der Waals surface area contributed by atoms with Gasteiger partial charge in [0.1, 0.15) is 5.15 Å². The van der Waals surface area contributed by atoms with Gasteiger partial charge >= 0.3 is 12.1 Å². The van der Waals surface area contributed by atoms with Crippen LogP contribution in [0, 0.1) is 6.92 Å². The summed E-state index contributed by atoms with van der Waals surface area (Å²) in [5.41, 5.74) is 1.93. The van der Waals surface area contributed by atoms with Crippen molar-refractivity contribution in [3.8, 4) is 0 Å². The number of fused-ring (bicyclic) bond motifs is 1. The summed E-state index contributed by atoms with van der Waals surface area (Å²) in [7, 11) is 0. The van der Waals surface area contributed by atoms with Gasteiger partial charge in [-0.2, -0.15) is 13.2 Å². The fourth-order valence-electron chi connectivity index (χ4n) is 2.00. The molecule has 1 unspecified atom stereocenters. The molecule has 21 heavy (non-hydrogen) atoms. The van der Waals surface area contributed by atoms with Crippen LogP contribution in [0.15, 0.2) is 24.3 Å². The number of nitrogens with zero attached hydrogens (tertiary/aromatic N) is 1. The molecule has 0 aliphatic heterocycles. The van der Waals surface area contributed by atoms with Gasteiger partial charge in [-0.25, -0.2) is 4.98 Å². The maximum absolute atomic E-state index is 12.3. The molecule has 0 saturated heterocycles. The molecule has 1 aromatic carbocycles. The third-order valence-electron chi connectivity index (χ3n) is 3.10. The summed E-state index contributed by atoms with van der Waals surface area (Å²) < 4.78 is 36.8. The van der Waals surface area contributed by atoms with Crippen LogP contribution in [0.3, 0.4) is 0 Å². The van der Waals surface area contributed by atoms with Crippen LogP contribution in [0.25, 0.3) is 10.9 Å². The van der Waals surface area contributed by atoms with Crippen molar-refractivity contribution < 1.29 is 18.0 Å². The van der Waals surface area contributed by atoms with E-state index in [1.807, 2.05) is 24.4 Å². The number of nitrogens with one attached hydrogen (secondary N) is 1. The molecule has 7 heteroatoms. The van der Waals surface area contributed by atoms with E-state index >= 15 is 0 Å². The number of pyridine rings is 1. The minimum absolute atomic E-state index is 0.0757. The highest BCUT2D eigenvalue weighted by Crippen LogP contribution is 2.28. The van der Waals surface area contributed by atoms with Gasteiger partial charge in [0.2, 0.25) is 0 Å². The molecule has 0 radical (unpaired) electrons. The number of aryl methyl sites for hydroxylation is 1. The highest BCUT2D eigenvalue weighted by Gasteiger charge is 2.39. The predicted molar refractivity (Wildman–Crippen MR) is 74.1 cm³/mol. The van der Waals surface area contributed by atoms with Crippen LogP contribution >= 0.6 is 11.6 Å². The molecule has 0 aliphatic rings. The number of alkyl halides is 3. The average molecular weight is 317 g/mol. The van der Waals surface area contributed by atoms with Crippen LogP contribution in [-0.2, 0) is 4.79 Å². The molecule has 0 spiro atoms. The fraction of sp³-hybridized carbons (Fsp3) is 0.286. The number of aromatic nitrogens is 1. The maximum atomic E-state index is 12.3. The molecule has 112 valence electrons. The Morgan fingerprint density at radius 2 is 2.05 bits per heavy atom.